The molecule has 4 aromatic carbocycles. The molecule has 0 bridgehead atoms. The van der Waals surface area contributed by atoms with Crippen LogP contribution in [-0.2, 0) is 34.4 Å². The lowest BCUT2D eigenvalue weighted by Gasteiger charge is -2.32. The summed E-state index contributed by atoms with van der Waals surface area (Å²) in [6.07, 6.45) is 4.69. The van der Waals surface area contributed by atoms with Gasteiger partial charge < -0.3 is 20.1 Å². The van der Waals surface area contributed by atoms with Gasteiger partial charge in [-0.2, -0.15) is 5.10 Å². The summed E-state index contributed by atoms with van der Waals surface area (Å²) >= 11 is 1.42. The van der Waals surface area contributed by atoms with Gasteiger partial charge in [0.1, 0.15) is 17.1 Å². The minimum atomic E-state index is -1.14. The van der Waals surface area contributed by atoms with Crippen LogP contribution in [0.25, 0.3) is 32.2 Å². The Morgan fingerprint density at radius 2 is 1.74 bits per heavy atom. The second-order valence-corrected chi connectivity index (χ2v) is 20.0. The van der Waals surface area contributed by atoms with Crippen molar-refractivity contribution in [3.63, 3.8) is 0 Å². The van der Waals surface area contributed by atoms with Gasteiger partial charge in [-0.15, -0.1) is 0 Å². The number of aromatic carboxylic acids is 1. The fourth-order valence-corrected chi connectivity index (χ4v) is 11.2. The zero-order valence-corrected chi connectivity index (χ0v) is 41.0. The van der Waals surface area contributed by atoms with Crippen LogP contribution in [0.4, 0.5) is 21.0 Å². The van der Waals surface area contributed by atoms with Crippen molar-refractivity contribution in [2.75, 3.05) is 41.7 Å². The zero-order chi connectivity index (χ0) is 50.2. The number of nitrogens with one attached hydrogen (secondary N) is 3. The molecule has 6 heterocycles. The predicted molar refractivity (Wildman–Crippen MR) is 273 cm³/mol. The molecule has 4 amide bonds. The van der Waals surface area contributed by atoms with Crippen molar-refractivity contribution in [2.24, 2.45) is 13.0 Å². The minimum absolute atomic E-state index is 0.0390. The van der Waals surface area contributed by atoms with Crippen LogP contribution in [0.2, 0.25) is 0 Å². The fourth-order valence-electron chi connectivity index (χ4n) is 10.3. The van der Waals surface area contributed by atoms with E-state index in [0.29, 0.717) is 70.8 Å². The number of amides is 4. The van der Waals surface area contributed by atoms with Gasteiger partial charge in [0.05, 0.1) is 40.2 Å². The van der Waals surface area contributed by atoms with E-state index in [9.17, 15) is 29.1 Å². The first-order valence-corrected chi connectivity index (χ1v) is 25.1. The molecule has 2 atom stereocenters. The molecule has 2 saturated heterocycles. The number of carboxylic acid groups (broad SMARTS) is 1. The van der Waals surface area contributed by atoms with Crippen molar-refractivity contribution in [2.45, 2.75) is 77.4 Å². The van der Waals surface area contributed by atoms with E-state index in [0.717, 1.165) is 71.2 Å². The molecule has 3 aliphatic rings. The number of para-hydroxylation sites is 1. The van der Waals surface area contributed by atoms with E-state index in [1.807, 2.05) is 91.5 Å². The molecule has 3 aliphatic heterocycles. The fraction of sp³-hybridized carbons (Fsp3) is 0.333. The molecule has 10 rings (SSSR count). The highest BCUT2D eigenvalue weighted by molar-refractivity contribution is 7.22. The largest absolute Gasteiger partial charge is 0.491 e. The van der Waals surface area contributed by atoms with Crippen LogP contribution in [0.3, 0.4) is 0 Å². The van der Waals surface area contributed by atoms with Crippen molar-refractivity contribution >= 4 is 78.7 Å². The molecule has 4 N–H and O–H groups in total. The molecule has 1 unspecified atom stereocenters. The van der Waals surface area contributed by atoms with Crippen LogP contribution >= 0.6 is 11.3 Å². The number of nitrogens with zero attached hydrogens (tertiary/aromatic N) is 6. The Labute approximate surface area is 418 Å². The predicted octanol–water partition coefficient (Wildman–Crippen LogP) is 8.62. The number of fused-ring (bicyclic) bond motifs is 3. The van der Waals surface area contributed by atoms with Gasteiger partial charge >= 0.3 is 5.97 Å². The third-order valence-corrected chi connectivity index (χ3v) is 15.1. The summed E-state index contributed by atoms with van der Waals surface area (Å²) in [6, 6.07) is 25.9. The van der Waals surface area contributed by atoms with Gasteiger partial charge in [0.2, 0.25) is 17.7 Å². The molecule has 0 aliphatic carbocycles. The van der Waals surface area contributed by atoms with Crippen LogP contribution in [0.15, 0.2) is 84.9 Å². The number of thiazole rings is 1. The average molecular weight is 992 g/mol. The van der Waals surface area contributed by atoms with Crippen LogP contribution in [0.1, 0.15) is 94.6 Å². The van der Waals surface area contributed by atoms with Gasteiger partial charge in [0.15, 0.2) is 16.6 Å². The number of likely N-dealkylation sites (tertiary alicyclic amines) is 1. The van der Waals surface area contributed by atoms with Crippen LogP contribution in [0.5, 0.6) is 5.75 Å². The molecule has 2 fully saturated rings. The second kappa shape index (κ2) is 20.3. The monoisotopic (exact) mass is 991 g/mol. The number of benzene rings is 4. The van der Waals surface area contributed by atoms with Crippen LogP contribution in [-0.4, -0.2) is 91.6 Å². The van der Waals surface area contributed by atoms with Crippen molar-refractivity contribution < 1.29 is 38.2 Å². The van der Waals surface area contributed by atoms with E-state index in [-0.39, 0.29) is 53.7 Å². The summed E-state index contributed by atoms with van der Waals surface area (Å²) in [6.45, 7) is 6.57. The summed E-state index contributed by atoms with van der Waals surface area (Å²) in [4.78, 5) is 77.1. The number of aromatic nitrogens is 4. The minimum Gasteiger partial charge on any atom is -0.491 e. The molecule has 370 valence electrons. The molecular formula is C54H54FN9O7S. The zero-order valence-electron chi connectivity index (χ0n) is 40.2. The summed E-state index contributed by atoms with van der Waals surface area (Å²) < 4.78 is 24.5. The number of aryl methyl sites for hydroxylation is 2. The van der Waals surface area contributed by atoms with Crippen molar-refractivity contribution in [3.05, 3.63) is 124 Å². The maximum atomic E-state index is 15.8. The maximum Gasteiger partial charge on any atom is 0.355 e. The SMILES string of the molecule is Cc1cc(O[C@@H](C)CCC2CCN(CC(=O)Nc3ccc4c(C5CCC(=O)NC5=O)nn(C)c4c3F)CC2)ccc1-c1ccc(N2CCc3cccc(C(=O)Nc4nc5ccccc5s4)c3C2)nc1C(=O)O. The van der Waals surface area contributed by atoms with Gasteiger partial charge in [-0.25, -0.2) is 19.2 Å². The van der Waals surface area contributed by atoms with Gasteiger partial charge in [-0.3, -0.25) is 39.4 Å². The number of hydrogen-bond acceptors (Lipinski definition) is 12. The third kappa shape index (κ3) is 10.0. The molecule has 0 radical (unpaired) electrons. The van der Waals surface area contributed by atoms with Crippen LogP contribution < -0.4 is 25.6 Å². The quantitative estimate of drug-likeness (QED) is 0.0758. The number of imide groups is 1. The molecule has 0 saturated carbocycles. The van der Waals surface area contributed by atoms with E-state index >= 15 is 4.39 Å². The lowest BCUT2D eigenvalue weighted by atomic mass is 9.91. The Morgan fingerprint density at radius 1 is 0.931 bits per heavy atom. The van der Waals surface area contributed by atoms with Gasteiger partial charge in [0.25, 0.3) is 5.91 Å². The topological polar surface area (TPSA) is 201 Å². The number of ether oxygens (including phenoxy) is 1. The summed E-state index contributed by atoms with van der Waals surface area (Å²) in [7, 11) is 1.59. The number of carbonyl (C=O) groups excluding carboxylic acids is 4. The first-order chi connectivity index (χ1) is 34.8. The third-order valence-electron chi connectivity index (χ3n) is 14.1. The van der Waals surface area contributed by atoms with Crippen molar-refractivity contribution in [1.82, 2.24) is 30.0 Å². The highest BCUT2D eigenvalue weighted by Crippen LogP contribution is 2.36. The number of anilines is 3. The standard InChI is InChI=1S/C54H54FN9O7S/c1-30-27-34(71-31(2)11-12-32-21-24-63(25-22-32)29-46(66)56-42-18-15-38-48(61-62(3)50(38)47(42)55)39-17-20-45(65)59-52(39)68)13-14-35(30)36-16-19-44(58-49(36)53(69)70)64-26-23-33-7-6-8-37(40(33)28-64)51(67)60-54-57-41-9-4-5-10-43(41)72-54/h4-10,13-16,18-19,27,31-32,39H,11-12,17,20-26,28-29H2,1-3H3,(H,56,66)(H,69,70)(H,57,60,67)(H,59,65,68)/t31-,39?/m0/s1. The van der Waals surface area contributed by atoms with E-state index in [4.69, 9.17) is 4.74 Å². The Kier molecular flexibility index (Phi) is 13.5. The number of carboxylic acids is 1. The van der Waals surface area contributed by atoms with Crippen molar-refractivity contribution in [3.8, 4) is 16.9 Å². The van der Waals surface area contributed by atoms with E-state index < -0.39 is 23.6 Å². The molecular weight excluding hydrogens is 938 g/mol. The molecule has 3 aromatic heterocycles. The number of pyridine rings is 1. The highest BCUT2D eigenvalue weighted by Gasteiger charge is 2.33. The Bertz CT molecular complexity index is 3260. The molecule has 72 heavy (non-hydrogen) atoms. The summed E-state index contributed by atoms with van der Waals surface area (Å²) in [5.74, 6) is -2.12. The Hall–Kier alpha value is -7.57. The van der Waals surface area contributed by atoms with Gasteiger partial charge in [0, 0.05) is 43.1 Å². The number of halogens is 1. The first kappa shape index (κ1) is 48.1. The number of hydrogen-bond donors (Lipinski definition) is 4. The van der Waals surface area contributed by atoms with E-state index in [1.54, 1.807) is 13.1 Å². The second-order valence-electron chi connectivity index (χ2n) is 19.0. The lowest BCUT2D eigenvalue weighted by molar-refractivity contribution is -0.134. The summed E-state index contributed by atoms with van der Waals surface area (Å²) in [5, 5.41) is 23.9. The van der Waals surface area contributed by atoms with Crippen molar-refractivity contribution in [1.29, 1.82) is 0 Å². The number of piperidine rings is 2. The van der Waals surface area contributed by atoms with E-state index in [2.05, 4.69) is 35.9 Å². The molecule has 16 nitrogen and oxygen atoms in total. The Balaban J connectivity index is 0.708. The maximum absolute atomic E-state index is 15.8. The van der Waals surface area contributed by atoms with Gasteiger partial charge in [-0.1, -0.05) is 41.7 Å². The van der Waals surface area contributed by atoms with Gasteiger partial charge in [-0.05, 0) is 148 Å². The molecule has 0 spiro atoms. The average Bonchev–Trinajstić information content (AvgIpc) is 3.94. The van der Waals surface area contributed by atoms with E-state index in [1.165, 1.54) is 22.1 Å². The smallest absolute Gasteiger partial charge is 0.355 e. The molecule has 18 heteroatoms. The highest BCUT2D eigenvalue weighted by atomic mass is 32.1. The number of carbonyl (C=O) groups is 5. The lowest BCUT2D eigenvalue weighted by Crippen LogP contribution is -2.39. The Morgan fingerprint density at radius 3 is 2.51 bits per heavy atom. The summed E-state index contributed by atoms with van der Waals surface area (Å²) in [5.41, 5.74) is 5.96. The van der Waals surface area contributed by atoms with Crippen LogP contribution in [0, 0.1) is 18.7 Å². The molecule has 7 aromatic rings. The number of rotatable bonds is 14. The first-order valence-electron chi connectivity index (χ1n) is 24.3. The normalized spacial score (nSPS) is 16.9.